The van der Waals surface area contributed by atoms with Gasteiger partial charge in [-0.3, -0.25) is 7.58 Å². The minimum atomic E-state index is -1.00. The smallest absolute Gasteiger partial charge is 0.320 e. The molecule has 12 heavy (non-hydrogen) atoms. The number of imidazole rings is 1. The van der Waals surface area contributed by atoms with Gasteiger partial charge in [0.25, 0.3) is 0 Å². The summed E-state index contributed by atoms with van der Waals surface area (Å²) in [6, 6.07) is -0.865. The van der Waals surface area contributed by atoms with Crippen LogP contribution in [0.5, 0.6) is 0 Å². The molecule has 0 saturated heterocycles. The summed E-state index contributed by atoms with van der Waals surface area (Å²) in [5.74, 6) is -1.00. The summed E-state index contributed by atoms with van der Waals surface area (Å²) in [6.45, 7) is 0. The molecule has 0 bridgehead atoms. The van der Waals surface area contributed by atoms with Gasteiger partial charge in [0.1, 0.15) is 12.4 Å². The maximum absolute atomic E-state index is 10.3. The summed E-state index contributed by atoms with van der Waals surface area (Å²) in [4.78, 5) is 14.3. The van der Waals surface area contributed by atoms with Crippen LogP contribution in [-0.4, -0.2) is 24.9 Å². The molecule has 0 aliphatic carbocycles. The molecule has 6 heteroatoms. The van der Waals surface area contributed by atoms with Crippen LogP contribution in [0.25, 0.3) is 0 Å². The van der Waals surface area contributed by atoms with Gasteiger partial charge in [-0.1, -0.05) is 0 Å². The second kappa shape index (κ2) is 3.85. The van der Waals surface area contributed by atoms with Crippen molar-refractivity contribution in [3.05, 3.63) is 18.2 Å². The fraction of sp³-hybridized carbons (Fsp3) is 0.333. The van der Waals surface area contributed by atoms with Gasteiger partial charge >= 0.3 is 5.97 Å². The Balaban J connectivity index is 2.58. The molecule has 1 rings (SSSR count). The summed E-state index contributed by atoms with van der Waals surface area (Å²) in [5, 5.41) is 8.49. The van der Waals surface area contributed by atoms with Gasteiger partial charge in [0, 0.05) is 12.6 Å². The van der Waals surface area contributed by atoms with Crippen LogP contribution < -0.4 is 5.73 Å². The zero-order chi connectivity index (χ0) is 9.14. The van der Waals surface area contributed by atoms with Gasteiger partial charge in [0.2, 0.25) is 0 Å². The summed E-state index contributed by atoms with van der Waals surface area (Å²) in [6.07, 6.45) is 3.61. The minimum absolute atomic E-state index is 0.269. The molecule has 1 unspecified atom stereocenters. The van der Waals surface area contributed by atoms with Gasteiger partial charge in [0.15, 0.2) is 0 Å². The second-order valence-corrected chi connectivity index (χ2v) is 3.47. The molecule has 0 radical (unpaired) electrons. The number of halogens is 1. The van der Waals surface area contributed by atoms with Crippen LogP contribution in [0.1, 0.15) is 5.69 Å². The molecule has 0 amide bonds. The lowest BCUT2D eigenvalue weighted by molar-refractivity contribution is -0.138. The maximum Gasteiger partial charge on any atom is 0.320 e. The van der Waals surface area contributed by atoms with E-state index < -0.39 is 12.0 Å². The van der Waals surface area contributed by atoms with E-state index in [2.05, 4.69) is 4.98 Å². The van der Waals surface area contributed by atoms with Crippen LogP contribution in [0.3, 0.4) is 0 Å². The van der Waals surface area contributed by atoms with Crippen molar-refractivity contribution < 1.29 is 9.90 Å². The Bertz CT molecular complexity index is 286. The molecule has 66 valence electrons. The number of carboxylic acid groups (broad SMARTS) is 1. The standard InChI is InChI=1S/C6H8IN3O2/c7-10-2-4(9-3-10)1-5(8)6(11)12/h2-3,5H,1,8H2,(H,11,12). The van der Waals surface area contributed by atoms with E-state index in [9.17, 15) is 4.79 Å². The average Bonchev–Trinajstić information content (AvgIpc) is 2.35. The molecule has 0 fully saturated rings. The SMILES string of the molecule is NC(Cc1cn(I)cn1)C(=O)O. The lowest BCUT2D eigenvalue weighted by atomic mass is 10.2. The molecule has 1 heterocycles. The average molecular weight is 281 g/mol. The Labute approximate surface area is 83.1 Å². The summed E-state index contributed by atoms with van der Waals surface area (Å²) in [7, 11) is 0. The van der Waals surface area contributed by atoms with Crippen molar-refractivity contribution in [1.29, 1.82) is 0 Å². The maximum atomic E-state index is 10.3. The number of carboxylic acids is 1. The van der Waals surface area contributed by atoms with E-state index >= 15 is 0 Å². The molecule has 0 aliphatic heterocycles. The number of carbonyl (C=O) groups is 1. The Morgan fingerprint density at radius 2 is 2.58 bits per heavy atom. The Hall–Kier alpha value is -0.630. The predicted molar refractivity (Wildman–Crippen MR) is 51.0 cm³/mol. The molecule has 0 spiro atoms. The molecule has 3 N–H and O–H groups in total. The zero-order valence-electron chi connectivity index (χ0n) is 6.14. The van der Waals surface area contributed by atoms with E-state index in [1.54, 1.807) is 15.3 Å². The second-order valence-electron chi connectivity index (χ2n) is 2.36. The lowest BCUT2D eigenvalue weighted by Gasteiger charge is -2.01. The third-order valence-corrected chi connectivity index (χ3v) is 1.88. The third-order valence-electron chi connectivity index (χ3n) is 1.35. The van der Waals surface area contributed by atoms with Crippen molar-refractivity contribution >= 4 is 28.8 Å². The molecular formula is C6H8IN3O2. The van der Waals surface area contributed by atoms with E-state index in [1.165, 1.54) is 0 Å². The summed E-state index contributed by atoms with van der Waals surface area (Å²) in [5.41, 5.74) is 6.00. The van der Waals surface area contributed by atoms with E-state index in [0.717, 1.165) is 0 Å². The predicted octanol–water partition coefficient (Wildman–Crippen LogP) is 0.0356. The molecule has 0 aliphatic rings. The lowest BCUT2D eigenvalue weighted by Crippen LogP contribution is -2.32. The largest absolute Gasteiger partial charge is 0.480 e. The molecule has 5 nitrogen and oxygen atoms in total. The highest BCUT2D eigenvalue weighted by molar-refractivity contribution is 14.1. The molecule has 1 aromatic rings. The van der Waals surface area contributed by atoms with Gasteiger partial charge < -0.3 is 10.8 Å². The normalized spacial score (nSPS) is 12.8. The van der Waals surface area contributed by atoms with Crippen molar-refractivity contribution in [3.8, 4) is 0 Å². The van der Waals surface area contributed by atoms with Gasteiger partial charge in [-0.15, -0.1) is 0 Å². The van der Waals surface area contributed by atoms with Gasteiger partial charge in [-0.05, 0) is 0 Å². The summed E-state index contributed by atoms with van der Waals surface area (Å²) >= 11 is 2.03. The first-order valence-electron chi connectivity index (χ1n) is 3.27. The van der Waals surface area contributed by atoms with E-state index in [4.69, 9.17) is 10.8 Å². The number of hydrogen-bond donors (Lipinski definition) is 2. The highest BCUT2D eigenvalue weighted by Gasteiger charge is 2.13. The van der Waals surface area contributed by atoms with Crippen LogP contribution in [0.4, 0.5) is 0 Å². The molecule has 1 atom stereocenters. The number of rotatable bonds is 3. The first kappa shape index (κ1) is 9.46. The van der Waals surface area contributed by atoms with Crippen molar-refractivity contribution in [3.63, 3.8) is 0 Å². The van der Waals surface area contributed by atoms with E-state index in [1.807, 2.05) is 22.9 Å². The van der Waals surface area contributed by atoms with Crippen molar-refractivity contribution in [1.82, 2.24) is 7.76 Å². The fourth-order valence-electron chi connectivity index (χ4n) is 0.756. The number of aromatic nitrogens is 2. The van der Waals surface area contributed by atoms with Crippen LogP contribution in [0.2, 0.25) is 0 Å². The minimum Gasteiger partial charge on any atom is -0.480 e. The van der Waals surface area contributed by atoms with Crippen LogP contribution in [-0.2, 0) is 11.2 Å². The van der Waals surface area contributed by atoms with E-state index in [0.29, 0.717) is 5.69 Å². The Kier molecular flexibility index (Phi) is 3.04. The van der Waals surface area contributed by atoms with Crippen molar-refractivity contribution in [2.45, 2.75) is 12.5 Å². The number of hydrogen-bond acceptors (Lipinski definition) is 3. The van der Waals surface area contributed by atoms with Crippen LogP contribution >= 0.6 is 22.9 Å². The Morgan fingerprint density at radius 3 is 3.00 bits per heavy atom. The van der Waals surface area contributed by atoms with Gasteiger partial charge in [0.05, 0.1) is 28.6 Å². The number of nitrogens with zero attached hydrogens (tertiary/aromatic N) is 2. The topological polar surface area (TPSA) is 81.1 Å². The molecule has 1 aromatic heterocycles. The number of nitrogens with two attached hydrogens (primary N) is 1. The van der Waals surface area contributed by atoms with Crippen LogP contribution in [0.15, 0.2) is 12.5 Å². The quantitative estimate of drug-likeness (QED) is 0.766. The Morgan fingerprint density at radius 1 is 1.92 bits per heavy atom. The third kappa shape index (κ3) is 2.45. The monoisotopic (exact) mass is 281 g/mol. The first-order chi connectivity index (χ1) is 5.59. The fourth-order valence-corrected chi connectivity index (χ4v) is 1.20. The summed E-state index contributed by atoms with van der Waals surface area (Å²) < 4.78 is 1.72. The highest BCUT2D eigenvalue weighted by atomic mass is 127. The molecular weight excluding hydrogens is 273 g/mol. The zero-order valence-corrected chi connectivity index (χ0v) is 8.30. The van der Waals surface area contributed by atoms with Crippen molar-refractivity contribution in [2.75, 3.05) is 0 Å². The van der Waals surface area contributed by atoms with Gasteiger partial charge in [-0.2, -0.15) is 0 Å². The number of aliphatic carboxylic acids is 1. The van der Waals surface area contributed by atoms with E-state index in [-0.39, 0.29) is 6.42 Å². The first-order valence-corrected chi connectivity index (χ1v) is 4.23. The molecule has 0 saturated carbocycles. The molecule has 0 aromatic carbocycles. The van der Waals surface area contributed by atoms with Crippen molar-refractivity contribution in [2.24, 2.45) is 5.73 Å². The van der Waals surface area contributed by atoms with Gasteiger partial charge in [-0.25, -0.2) is 4.98 Å². The highest BCUT2D eigenvalue weighted by Crippen LogP contribution is 2.02. The van der Waals surface area contributed by atoms with Crippen LogP contribution in [0, 0.1) is 0 Å².